The lowest BCUT2D eigenvalue weighted by molar-refractivity contribution is 0.0226. The molecule has 1 N–H and O–H groups in total. The maximum Gasteiger partial charge on any atom is 0.410 e. The van der Waals surface area contributed by atoms with Crippen molar-refractivity contribution in [2.75, 3.05) is 11.9 Å². The standard InChI is InChI=1S/C19H22N4O2S/c1-19(2,3)25-18(24)23-8-6-14-15(9-20)17(26-16(14)12-23)22-11-13-5-4-7-21-10-13/h4-5,7,10,22H,6,8,11-12H2,1-3H3. The zero-order chi connectivity index (χ0) is 18.7. The lowest BCUT2D eigenvalue weighted by Crippen LogP contribution is -2.39. The monoisotopic (exact) mass is 370 g/mol. The molecule has 3 heterocycles. The van der Waals surface area contributed by atoms with Crippen molar-refractivity contribution in [2.24, 2.45) is 0 Å². The van der Waals surface area contributed by atoms with Gasteiger partial charge in [0.05, 0.1) is 12.1 Å². The fourth-order valence-corrected chi connectivity index (χ4v) is 4.02. The van der Waals surface area contributed by atoms with Crippen molar-refractivity contribution in [2.45, 2.75) is 45.9 Å². The van der Waals surface area contributed by atoms with Gasteiger partial charge in [0.25, 0.3) is 0 Å². The van der Waals surface area contributed by atoms with Crippen LogP contribution in [-0.2, 0) is 24.2 Å². The first-order valence-electron chi connectivity index (χ1n) is 8.52. The quantitative estimate of drug-likeness (QED) is 0.886. The van der Waals surface area contributed by atoms with Gasteiger partial charge in [0, 0.05) is 30.4 Å². The van der Waals surface area contributed by atoms with Crippen LogP contribution in [0.1, 0.15) is 42.3 Å². The molecule has 0 atom stereocenters. The van der Waals surface area contributed by atoms with Crippen molar-refractivity contribution < 1.29 is 9.53 Å². The average Bonchev–Trinajstić information content (AvgIpc) is 2.96. The van der Waals surface area contributed by atoms with Gasteiger partial charge in [-0.3, -0.25) is 4.98 Å². The molecule has 0 saturated carbocycles. The normalized spacial score (nSPS) is 13.7. The van der Waals surface area contributed by atoms with Crippen LogP contribution in [0.25, 0.3) is 0 Å². The number of pyridine rings is 1. The number of fused-ring (bicyclic) bond motifs is 1. The van der Waals surface area contributed by atoms with E-state index in [0.717, 1.165) is 21.0 Å². The molecule has 2 aromatic heterocycles. The van der Waals surface area contributed by atoms with Crippen molar-refractivity contribution >= 4 is 22.4 Å². The number of hydrogen-bond donors (Lipinski definition) is 1. The summed E-state index contributed by atoms with van der Waals surface area (Å²) in [6, 6.07) is 6.20. The van der Waals surface area contributed by atoms with Crippen LogP contribution < -0.4 is 5.32 Å². The van der Waals surface area contributed by atoms with Crippen LogP contribution in [-0.4, -0.2) is 28.1 Å². The third-order valence-corrected chi connectivity index (χ3v) is 5.17. The average molecular weight is 370 g/mol. The molecule has 1 amide bonds. The number of nitrogens with zero attached hydrogens (tertiary/aromatic N) is 3. The number of rotatable bonds is 3. The minimum atomic E-state index is -0.513. The summed E-state index contributed by atoms with van der Waals surface area (Å²) in [7, 11) is 0. The molecule has 0 radical (unpaired) electrons. The number of anilines is 1. The van der Waals surface area contributed by atoms with E-state index in [9.17, 15) is 10.1 Å². The van der Waals surface area contributed by atoms with E-state index < -0.39 is 5.60 Å². The number of aromatic nitrogens is 1. The van der Waals surface area contributed by atoms with Gasteiger partial charge >= 0.3 is 6.09 Å². The van der Waals surface area contributed by atoms with E-state index in [1.54, 1.807) is 28.6 Å². The number of thiophene rings is 1. The minimum Gasteiger partial charge on any atom is -0.444 e. The first-order valence-corrected chi connectivity index (χ1v) is 9.34. The highest BCUT2D eigenvalue weighted by molar-refractivity contribution is 7.16. The summed E-state index contributed by atoms with van der Waals surface area (Å²) in [6.07, 6.45) is 3.90. The van der Waals surface area contributed by atoms with Gasteiger partial charge in [-0.25, -0.2) is 4.79 Å². The van der Waals surface area contributed by atoms with Crippen LogP contribution in [0.4, 0.5) is 9.80 Å². The number of ether oxygens (including phenoxy) is 1. The predicted molar refractivity (Wildman–Crippen MR) is 101 cm³/mol. The number of amides is 1. The van der Waals surface area contributed by atoms with E-state index in [1.807, 2.05) is 32.9 Å². The van der Waals surface area contributed by atoms with Crippen LogP contribution in [0.15, 0.2) is 24.5 Å². The summed E-state index contributed by atoms with van der Waals surface area (Å²) in [6.45, 7) is 7.24. The molecule has 0 spiro atoms. The fourth-order valence-electron chi connectivity index (χ4n) is 2.81. The second-order valence-electron chi connectivity index (χ2n) is 7.19. The minimum absolute atomic E-state index is 0.306. The number of carbonyl (C=O) groups excluding carboxylic acids is 1. The molecule has 0 unspecified atom stereocenters. The summed E-state index contributed by atoms with van der Waals surface area (Å²) in [5.74, 6) is 0. The van der Waals surface area contributed by atoms with E-state index in [2.05, 4.69) is 16.4 Å². The summed E-state index contributed by atoms with van der Waals surface area (Å²) >= 11 is 1.54. The van der Waals surface area contributed by atoms with E-state index in [-0.39, 0.29) is 6.09 Å². The lowest BCUT2D eigenvalue weighted by Gasteiger charge is -2.29. The highest BCUT2D eigenvalue weighted by Gasteiger charge is 2.29. The van der Waals surface area contributed by atoms with Crippen molar-refractivity contribution in [3.63, 3.8) is 0 Å². The Morgan fingerprint density at radius 2 is 2.31 bits per heavy atom. The third-order valence-electron chi connectivity index (χ3n) is 4.00. The molecular formula is C19H22N4O2S. The molecule has 0 saturated heterocycles. The molecule has 1 aliphatic rings. The van der Waals surface area contributed by atoms with Crippen LogP contribution in [0.2, 0.25) is 0 Å². The van der Waals surface area contributed by atoms with Gasteiger partial charge in [0.15, 0.2) is 0 Å². The first-order chi connectivity index (χ1) is 12.4. The smallest absolute Gasteiger partial charge is 0.410 e. The van der Waals surface area contributed by atoms with Crippen LogP contribution in [0.5, 0.6) is 0 Å². The first kappa shape index (κ1) is 18.2. The van der Waals surface area contributed by atoms with Crippen molar-refractivity contribution in [1.29, 1.82) is 5.26 Å². The Morgan fingerprint density at radius 1 is 1.50 bits per heavy atom. The molecule has 0 aromatic carbocycles. The molecule has 26 heavy (non-hydrogen) atoms. The Hall–Kier alpha value is -2.59. The van der Waals surface area contributed by atoms with Gasteiger partial charge in [-0.1, -0.05) is 6.07 Å². The Bertz CT molecular complexity index is 834. The Kier molecular flexibility index (Phi) is 5.14. The molecule has 6 nitrogen and oxygen atoms in total. The SMILES string of the molecule is CC(C)(C)OC(=O)N1CCc2c(sc(NCc3cccnc3)c2C#N)C1. The number of carbonyl (C=O) groups is 1. The Balaban J connectivity index is 1.74. The second-order valence-corrected chi connectivity index (χ2v) is 8.29. The number of nitrogens with one attached hydrogen (secondary N) is 1. The zero-order valence-electron chi connectivity index (χ0n) is 15.2. The van der Waals surface area contributed by atoms with Gasteiger partial charge < -0.3 is 15.0 Å². The lowest BCUT2D eigenvalue weighted by atomic mass is 10.0. The van der Waals surface area contributed by atoms with Crippen molar-refractivity contribution in [3.8, 4) is 6.07 Å². The fraction of sp³-hybridized carbons (Fsp3) is 0.421. The zero-order valence-corrected chi connectivity index (χ0v) is 16.0. The summed E-state index contributed by atoms with van der Waals surface area (Å²) < 4.78 is 5.46. The Morgan fingerprint density at radius 3 is 2.96 bits per heavy atom. The third kappa shape index (κ3) is 4.14. The molecule has 136 valence electrons. The molecule has 2 aromatic rings. The molecule has 0 bridgehead atoms. The van der Waals surface area contributed by atoms with Crippen LogP contribution in [0.3, 0.4) is 0 Å². The molecule has 1 aliphatic heterocycles. The van der Waals surface area contributed by atoms with Crippen molar-refractivity contribution in [1.82, 2.24) is 9.88 Å². The van der Waals surface area contributed by atoms with Crippen LogP contribution >= 0.6 is 11.3 Å². The largest absolute Gasteiger partial charge is 0.444 e. The van der Waals surface area contributed by atoms with E-state index in [1.165, 1.54) is 0 Å². The Labute approximate surface area is 157 Å². The van der Waals surface area contributed by atoms with E-state index in [4.69, 9.17) is 4.74 Å². The van der Waals surface area contributed by atoms with Gasteiger partial charge in [0.1, 0.15) is 16.7 Å². The number of nitriles is 1. The molecular weight excluding hydrogens is 348 g/mol. The highest BCUT2D eigenvalue weighted by Crippen LogP contribution is 2.37. The van der Waals surface area contributed by atoms with Gasteiger partial charge in [-0.15, -0.1) is 11.3 Å². The predicted octanol–water partition coefficient (Wildman–Crippen LogP) is 3.92. The molecule has 3 rings (SSSR count). The molecule has 0 aliphatic carbocycles. The second kappa shape index (κ2) is 7.34. The van der Waals surface area contributed by atoms with Crippen molar-refractivity contribution in [3.05, 3.63) is 46.1 Å². The van der Waals surface area contributed by atoms with Gasteiger partial charge in [-0.2, -0.15) is 5.26 Å². The van der Waals surface area contributed by atoms with Gasteiger partial charge in [-0.05, 0) is 44.4 Å². The summed E-state index contributed by atoms with van der Waals surface area (Å²) in [5.41, 5.74) is 2.28. The molecule has 7 heteroatoms. The van der Waals surface area contributed by atoms with E-state index in [0.29, 0.717) is 31.6 Å². The maximum absolute atomic E-state index is 12.3. The van der Waals surface area contributed by atoms with E-state index >= 15 is 0 Å². The summed E-state index contributed by atoms with van der Waals surface area (Å²) in [5, 5.41) is 13.8. The maximum atomic E-state index is 12.3. The number of hydrogen-bond acceptors (Lipinski definition) is 6. The topological polar surface area (TPSA) is 78.2 Å². The molecule has 0 fully saturated rings. The van der Waals surface area contributed by atoms with Crippen LogP contribution in [0, 0.1) is 11.3 Å². The summed E-state index contributed by atoms with van der Waals surface area (Å²) in [4.78, 5) is 19.2. The van der Waals surface area contributed by atoms with Gasteiger partial charge in [0.2, 0.25) is 0 Å². The highest BCUT2D eigenvalue weighted by atomic mass is 32.1.